The highest BCUT2D eigenvalue weighted by atomic mass is 16.5. The molecule has 3 rings (SSSR count). The SMILES string of the molecule is CC.COC(=O)c1ccc2ncn(CCN3CCCC3)c2c1. The van der Waals surface area contributed by atoms with Crippen LogP contribution in [0.5, 0.6) is 0 Å². The summed E-state index contributed by atoms with van der Waals surface area (Å²) in [5.74, 6) is -0.306. The molecule has 22 heavy (non-hydrogen) atoms. The van der Waals surface area contributed by atoms with E-state index >= 15 is 0 Å². The summed E-state index contributed by atoms with van der Waals surface area (Å²) in [5, 5.41) is 0. The average molecular weight is 303 g/mol. The second kappa shape index (κ2) is 7.94. The fraction of sp³-hybridized carbons (Fsp3) is 0.529. The normalized spacial score (nSPS) is 14.7. The van der Waals surface area contributed by atoms with Crippen LogP contribution in [0.2, 0.25) is 0 Å². The van der Waals surface area contributed by atoms with E-state index in [0.29, 0.717) is 5.56 Å². The van der Waals surface area contributed by atoms with Gasteiger partial charge in [-0.3, -0.25) is 0 Å². The molecule has 0 radical (unpaired) electrons. The summed E-state index contributed by atoms with van der Waals surface area (Å²) < 4.78 is 6.88. The second-order valence-corrected chi connectivity index (χ2v) is 5.18. The molecule has 0 unspecified atom stereocenters. The van der Waals surface area contributed by atoms with Gasteiger partial charge in [-0.05, 0) is 44.1 Å². The Morgan fingerprint density at radius 2 is 1.95 bits per heavy atom. The zero-order valence-corrected chi connectivity index (χ0v) is 13.7. The molecule has 1 aromatic carbocycles. The Balaban J connectivity index is 0.000000847. The van der Waals surface area contributed by atoms with Gasteiger partial charge in [-0.15, -0.1) is 0 Å². The van der Waals surface area contributed by atoms with Crippen molar-refractivity contribution in [3.8, 4) is 0 Å². The summed E-state index contributed by atoms with van der Waals surface area (Å²) in [5.41, 5.74) is 2.48. The van der Waals surface area contributed by atoms with Gasteiger partial charge in [-0.1, -0.05) is 13.8 Å². The minimum absolute atomic E-state index is 0.306. The van der Waals surface area contributed by atoms with Crippen molar-refractivity contribution in [2.24, 2.45) is 0 Å². The Bertz CT molecular complexity index is 615. The quantitative estimate of drug-likeness (QED) is 0.815. The Hall–Kier alpha value is -1.88. The highest BCUT2D eigenvalue weighted by Gasteiger charge is 2.13. The van der Waals surface area contributed by atoms with Crippen LogP contribution < -0.4 is 0 Å². The molecule has 1 fully saturated rings. The third-order valence-corrected chi connectivity index (χ3v) is 3.90. The summed E-state index contributed by atoms with van der Waals surface area (Å²) in [4.78, 5) is 18.4. The van der Waals surface area contributed by atoms with Crippen molar-refractivity contribution in [2.75, 3.05) is 26.7 Å². The molecule has 1 aromatic heterocycles. The van der Waals surface area contributed by atoms with Gasteiger partial charge in [-0.2, -0.15) is 0 Å². The van der Waals surface area contributed by atoms with Crippen LogP contribution in [0.4, 0.5) is 0 Å². The van der Waals surface area contributed by atoms with Gasteiger partial charge in [0, 0.05) is 13.1 Å². The summed E-state index contributed by atoms with van der Waals surface area (Å²) in [7, 11) is 1.40. The first-order chi connectivity index (χ1) is 10.8. The standard InChI is InChI=1S/C15H19N3O2.C2H6/c1-20-15(19)12-4-5-13-14(10-12)18(11-16-13)9-8-17-6-2-3-7-17;1-2/h4-5,10-11H,2-3,6-9H2,1H3;1-2H3. The number of hydrogen-bond acceptors (Lipinski definition) is 4. The van der Waals surface area contributed by atoms with Gasteiger partial charge in [0.15, 0.2) is 0 Å². The Morgan fingerprint density at radius 3 is 2.64 bits per heavy atom. The number of ether oxygens (including phenoxy) is 1. The maximum Gasteiger partial charge on any atom is 0.337 e. The lowest BCUT2D eigenvalue weighted by atomic mass is 10.2. The van der Waals surface area contributed by atoms with Crippen molar-refractivity contribution in [1.29, 1.82) is 0 Å². The number of carbonyl (C=O) groups is 1. The number of esters is 1. The number of nitrogens with zero attached hydrogens (tertiary/aromatic N) is 3. The molecule has 1 aliphatic heterocycles. The van der Waals surface area contributed by atoms with Crippen LogP contribution in [0.1, 0.15) is 37.0 Å². The first-order valence-electron chi connectivity index (χ1n) is 8.03. The number of benzene rings is 1. The molecular formula is C17H25N3O2. The highest BCUT2D eigenvalue weighted by molar-refractivity contribution is 5.93. The van der Waals surface area contributed by atoms with Crippen molar-refractivity contribution in [3.63, 3.8) is 0 Å². The second-order valence-electron chi connectivity index (χ2n) is 5.18. The van der Waals surface area contributed by atoms with Gasteiger partial charge < -0.3 is 14.2 Å². The molecular weight excluding hydrogens is 278 g/mol. The van der Waals surface area contributed by atoms with E-state index < -0.39 is 0 Å². The van der Waals surface area contributed by atoms with Crippen LogP contribution in [-0.4, -0.2) is 47.2 Å². The first kappa shape index (κ1) is 16.5. The Morgan fingerprint density at radius 1 is 1.23 bits per heavy atom. The maximum atomic E-state index is 11.6. The molecule has 2 aromatic rings. The van der Waals surface area contributed by atoms with E-state index in [-0.39, 0.29) is 5.97 Å². The number of imidazole rings is 1. The zero-order valence-electron chi connectivity index (χ0n) is 13.7. The molecule has 120 valence electrons. The number of methoxy groups -OCH3 is 1. The van der Waals surface area contributed by atoms with E-state index in [1.165, 1.54) is 33.0 Å². The minimum atomic E-state index is -0.306. The van der Waals surface area contributed by atoms with Gasteiger partial charge in [0.05, 0.1) is 30.0 Å². The number of hydrogen-bond donors (Lipinski definition) is 0. The van der Waals surface area contributed by atoms with E-state index in [0.717, 1.165) is 24.1 Å². The largest absolute Gasteiger partial charge is 0.465 e. The highest BCUT2D eigenvalue weighted by Crippen LogP contribution is 2.16. The van der Waals surface area contributed by atoms with Crippen molar-refractivity contribution < 1.29 is 9.53 Å². The lowest BCUT2D eigenvalue weighted by molar-refractivity contribution is 0.0601. The molecule has 0 spiro atoms. The molecule has 0 aliphatic carbocycles. The Kier molecular flexibility index (Phi) is 5.95. The van der Waals surface area contributed by atoms with E-state index in [1.54, 1.807) is 6.07 Å². The van der Waals surface area contributed by atoms with Crippen LogP contribution in [0.3, 0.4) is 0 Å². The minimum Gasteiger partial charge on any atom is -0.465 e. The van der Waals surface area contributed by atoms with Gasteiger partial charge in [-0.25, -0.2) is 9.78 Å². The van der Waals surface area contributed by atoms with E-state index in [9.17, 15) is 4.79 Å². The summed E-state index contributed by atoms with van der Waals surface area (Å²) >= 11 is 0. The van der Waals surface area contributed by atoms with Crippen molar-refractivity contribution >= 4 is 17.0 Å². The maximum absolute atomic E-state index is 11.6. The number of fused-ring (bicyclic) bond motifs is 1. The topological polar surface area (TPSA) is 47.4 Å². The van der Waals surface area contributed by atoms with E-state index in [2.05, 4.69) is 14.5 Å². The predicted molar refractivity (Wildman–Crippen MR) is 88.1 cm³/mol. The number of carbonyl (C=O) groups excluding carboxylic acids is 1. The van der Waals surface area contributed by atoms with Crippen LogP contribution in [0.25, 0.3) is 11.0 Å². The van der Waals surface area contributed by atoms with Crippen LogP contribution in [-0.2, 0) is 11.3 Å². The molecule has 0 amide bonds. The van der Waals surface area contributed by atoms with E-state index in [4.69, 9.17) is 4.74 Å². The molecule has 1 saturated heterocycles. The third-order valence-electron chi connectivity index (χ3n) is 3.90. The molecule has 0 N–H and O–H groups in total. The van der Waals surface area contributed by atoms with Crippen LogP contribution >= 0.6 is 0 Å². The van der Waals surface area contributed by atoms with Crippen molar-refractivity contribution in [2.45, 2.75) is 33.2 Å². The monoisotopic (exact) mass is 303 g/mol. The summed E-state index contributed by atoms with van der Waals surface area (Å²) in [6.45, 7) is 8.33. The number of aromatic nitrogens is 2. The molecule has 2 heterocycles. The summed E-state index contributed by atoms with van der Waals surface area (Å²) in [6.07, 6.45) is 4.45. The predicted octanol–water partition coefficient (Wildman–Crippen LogP) is 2.94. The van der Waals surface area contributed by atoms with E-state index in [1.807, 2.05) is 32.3 Å². The molecule has 1 aliphatic rings. The number of rotatable bonds is 4. The van der Waals surface area contributed by atoms with Gasteiger partial charge >= 0.3 is 5.97 Å². The smallest absolute Gasteiger partial charge is 0.337 e. The Labute approximate surface area is 131 Å². The zero-order chi connectivity index (χ0) is 15.9. The molecule has 0 atom stereocenters. The van der Waals surface area contributed by atoms with Gasteiger partial charge in [0.2, 0.25) is 0 Å². The molecule has 5 nitrogen and oxygen atoms in total. The van der Waals surface area contributed by atoms with Crippen molar-refractivity contribution in [3.05, 3.63) is 30.1 Å². The molecule has 0 saturated carbocycles. The van der Waals surface area contributed by atoms with Crippen LogP contribution in [0.15, 0.2) is 24.5 Å². The van der Waals surface area contributed by atoms with Gasteiger partial charge in [0.1, 0.15) is 0 Å². The molecule has 0 bridgehead atoms. The van der Waals surface area contributed by atoms with Crippen LogP contribution in [0, 0.1) is 0 Å². The lowest BCUT2D eigenvalue weighted by Crippen LogP contribution is -2.23. The number of likely N-dealkylation sites (tertiary alicyclic amines) is 1. The third kappa shape index (κ3) is 3.65. The average Bonchev–Trinajstić information content (AvgIpc) is 3.23. The van der Waals surface area contributed by atoms with Gasteiger partial charge in [0.25, 0.3) is 0 Å². The lowest BCUT2D eigenvalue weighted by Gasteiger charge is -2.15. The van der Waals surface area contributed by atoms with Crippen molar-refractivity contribution in [1.82, 2.24) is 14.5 Å². The fourth-order valence-corrected chi connectivity index (χ4v) is 2.74. The molecule has 5 heteroatoms. The fourth-order valence-electron chi connectivity index (χ4n) is 2.74. The summed E-state index contributed by atoms with van der Waals surface area (Å²) in [6, 6.07) is 5.48. The first-order valence-corrected chi connectivity index (χ1v) is 8.03.